The van der Waals surface area contributed by atoms with Crippen LogP contribution in [0, 0.1) is 10.6 Å². The average Bonchev–Trinajstić information content (AvgIpc) is 2.76. The highest BCUT2D eigenvalue weighted by molar-refractivity contribution is 7.71. The van der Waals surface area contributed by atoms with Gasteiger partial charge in [0.15, 0.2) is 10.6 Å². The molecule has 1 aliphatic heterocycles. The third-order valence-electron chi connectivity index (χ3n) is 3.81. The highest BCUT2D eigenvalue weighted by Gasteiger charge is 2.19. The molecule has 118 valence electrons. The zero-order valence-corrected chi connectivity index (χ0v) is 13.5. The molecule has 3 rings (SSSR count). The van der Waals surface area contributed by atoms with Gasteiger partial charge in [-0.2, -0.15) is 5.10 Å². The fraction of sp³-hybridized carbons (Fsp3) is 0.467. The van der Waals surface area contributed by atoms with Gasteiger partial charge in [0.1, 0.15) is 5.82 Å². The molecule has 22 heavy (non-hydrogen) atoms. The van der Waals surface area contributed by atoms with Crippen LogP contribution >= 0.6 is 12.2 Å². The second kappa shape index (κ2) is 6.28. The van der Waals surface area contributed by atoms with Crippen molar-refractivity contribution in [1.29, 1.82) is 0 Å². The van der Waals surface area contributed by atoms with Crippen molar-refractivity contribution in [3.05, 3.63) is 34.9 Å². The van der Waals surface area contributed by atoms with Gasteiger partial charge in [0.2, 0.25) is 0 Å². The second-order valence-corrected chi connectivity index (χ2v) is 5.91. The first-order valence-electron chi connectivity index (χ1n) is 7.29. The van der Waals surface area contributed by atoms with E-state index in [1.807, 2.05) is 7.05 Å². The Morgan fingerprint density at radius 2 is 2.18 bits per heavy atom. The molecule has 0 N–H and O–H groups in total. The van der Waals surface area contributed by atoms with Crippen molar-refractivity contribution in [2.24, 2.45) is 7.05 Å². The van der Waals surface area contributed by atoms with Gasteiger partial charge in [-0.15, -0.1) is 0 Å². The number of hydrogen-bond acceptors (Lipinski definition) is 4. The van der Waals surface area contributed by atoms with Crippen molar-refractivity contribution < 1.29 is 9.13 Å². The van der Waals surface area contributed by atoms with Gasteiger partial charge in [-0.1, -0.05) is 12.1 Å². The number of nitrogens with zero attached hydrogens (tertiary/aromatic N) is 4. The smallest absolute Gasteiger partial charge is 0.199 e. The minimum atomic E-state index is -0.294. The van der Waals surface area contributed by atoms with E-state index in [1.54, 1.807) is 27.4 Å². The monoisotopic (exact) mass is 322 g/mol. The summed E-state index contributed by atoms with van der Waals surface area (Å²) in [6, 6.07) is 6.61. The van der Waals surface area contributed by atoms with Gasteiger partial charge in [0, 0.05) is 20.1 Å². The molecule has 1 saturated heterocycles. The van der Waals surface area contributed by atoms with Crippen LogP contribution in [0.3, 0.4) is 0 Å². The van der Waals surface area contributed by atoms with Gasteiger partial charge < -0.3 is 9.30 Å². The lowest BCUT2D eigenvalue weighted by Gasteiger charge is -2.30. The second-order valence-electron chi connectivity index (χ2n) is 5.54. The molecule has 0 saturated carbocycles. The molecule has 1 fully saturated rings. The van der Waals surface area contributed by atoms with Crippen LogP contribution in [0.2, 0.25) is 0 Å². The Labute approximate surface area is 133 Å². The van der Waals surface area contributed by atoms with Crippen LogP contribution in [0.15, 0.2) is 24.3 Å². The van der Waals surface area contributed by atoms with Crippen molar-refractivity contribution in [2.45, 2.75) is 19.7 Å². The van der Waals surface area contributed by atoms with Crippen LogP contribution in [-0.2, 0) is 18.5 Å². The minimum absolute atomic E-state index is 0.206. The van der Waals surface area contributed by atoms with Crippen molar-refractivity contribution in [3.63, 3.8) is 0 Å². The van der Waals surface area contributed by atoms with Crippen LogP contribution < -0.4 is 0 Å². The summed E-state index contributed by atoms with van der Waals surface area (Å²) >= 11 is 5.44. The van der Waals surface area contributed by atoms with Gasteiger partial charge in [-0.25, -0.2) is 9.07 Å². The average molecular weight is 322 g/mol. The summed E-state index contributed by atoms with van der Waals surface area (Å²) in [5.74, 6) is 0.252. The van der Waals surface area contributed by atoms with E-state index in [4.69, 9.17) is 17.0 Å². The number of rotatable bonds is 3. The number of ether oxygens (including phenoxy) is 1. The highest BCUT2D eigenvalue weighted by atomic mass is 32.1. The molecule has 1 aromatic carbocycles. The largest absolute Gasteiger partial charge is 0.376 e. The Bertz CT molecular complexity index is 727. The van der Waals surface area contributed by atoms with Crippen molar-refractivity contribution in [1.82, 2.24) is 19.2 Å². The molecule has 7 heteroatoms. The maximum Gasteiger partial charge on any atom is 0.199 e. The Morgan fingerprint density at radius 1 is 1.41 bits per heavy atom. The van der Waals surface area contributed by atoms with Crippen molar-refractivity contribution in [2.75, 3.05) is 19.7 Å². The molecular weight excluding hydrogens is 303 g/mol. The summed E-state index contributed by atoms with van der Waals surface area (Å²) in [6.45, 7) is 5.04. The first-order chi connectivity index (χ1) is 10.6. The minimum Gasteiger partial charge on any atom is -0.376 e. The Hall–Kier alpha value is -1.57. The fourth-order valence-corrected chi connectivity index (χ4v) is 2.85. The summed E-state index contributed by atoms with van der Waals surface area (Å²) in [6.07, 6.45) is 0.206. The van der Waals surface area contributed by atoms with E-state index >= 15 is 0 Å². The number of hydrogen-bond donors (Lipinski definition) is 0. The van der Waals surface area contributed by atoms with Gasteiger partial charge in [0.05, 0.1) is 24.9 Å². The summed E-state index contributed by atoms with van der Waals surface area (Å²) in [5.41, 5.74) is 0.463. The third kappa shape index (κ3) is 2.97. The molecule has 1 atom stereocenters. The van der Waals surface area contributed by atoms with E-state index in [1.165, 1.54) is 6.07 Å². The van der Waals surface area contributed by atoms with Gasteiger partial charge in [-0.05, 0) is 31.3 Å². The molecular formula is C15H19FN4OS. The first kappa shape index (κ1) is 15.3. The number of aromatic nitrogens is 3. The topological polar surface area (TPSA) is 35.2 Å². The van der Waals surface area contributed by atoms with E-state index in [0.29, 0.717) is 29.4 Å². The molecule has 1 aromatic heterocycles. The van der Waals surface area contributed by atoms with Gasteiger partial charge in [0.25, 0.3) is 0 Å². The first-order valence-corrected chi connectivity index (χ1v) is 7.70. The third-order valence-corrected chi connectivity index (χ3v) is 4.30. The Kier molecular flexibility index (Phi) is 4.37. The van der Waals surface area contributed by atoms with Crippen molar-refractivity contribution >= 4 is 12.2 Å². The molecule has 0 amide bonds. The zero-order chi connectivity index (χ0) is 15.7. The van der Waals surface area contributed by atoms with Crippen LogP contribution in [0.1, 0.15) is 6.92 Å². The highest BCUT2D eigenvalue weighted by Crippen LogP contribution is 2.21. The number of benzene rings is 1. The lowest BCUT2D eigenvalue weighted by molar-refractivity contribution is -0.0307. The summed E-state index contributed by atoms with van der Waals surface area (Å²) in [5, 5.41) is 4.51. The molecule has 0 spiro atoms. The molecule has 2 aromatic rings. The van der Waals surface area contributed by atoms with Crippen molar-refractivity contribution in [3.8, 4) is 11.4 Å². The summed E-state index contributed by atoms with van der Waals surface area (Å²) < 4.78 is 23.6. The maximum absolute atomic E-state index is 14.0. The maximum atomic E-state index is 14.0. The normalized spacial score (nSPS) is 19.5. The quantitative estimate of drug-likeness (QED) is 0.813. The molecule has 2 heterocycles. The number of halogens is 1. The zero-order valence-electron chi connectivity index (χ0n) is 12.7. The number of morpholine rings is 1. The van der Waals surface area contributed by atoms with E-state index in [2.05, 4.69) is 16.9 Å². The predicted octanol–water partition coefficient (Wildman–Crippen LogP) is 2.44. The van der Waals surface area contributed by atoms with E-state index < -0.39 is 0 Å². The van der Waals surface area contributed by atoms with Crippen LogP contribution in [0.5, 0.6) is 0 Å². The van der Waals surface area contributed by atoms with Crippen LogP contribution in [0.25, 0.3) is 11.4 Å². The SMILES string of the molecule is CC1CN(Cn2nc(-c3ccccc3F)n(C)c2=S)CCO1. The van der Waals surface area contributed by atoms with E-state index in [0.717, 1.165) is 13.1 Å². The molecule has 0 radical (unpaired) electrons. The molecule has 0 aliphatic carbocycles. The van der Waals surface area contributed by atoms with Gasteiger partial charge >= 0.3 is 0 Å². The summed E-state index contributed by atoms with van der Waals surface area (Å²) in [7, 11) is 1.82. The predicted molar refractivity (Wildman–Crippen MR) is 84.4 cm³/mol. The van der Waals surface area contributed by atoms with Crippen LogP contribution in [-0.4, -0.2) is 45.0 Å². The molecule has 1 unspecified atom stereocenters. The lowest BCUT2D eigenvalue weighted by Crippen LogP contribution is -2.42. The van der Waals surface area contributed by atoms with E-state index in [-0.39, 0.29) is 11.9 Å². The molecule has 0 bridgehead atoms. The summed E-state index contributed by atoms with van der Waals surface area (Å²) in [4.78, 5) is 2.24. The lowest BCUT2D eigenvalue weighted by atomic mass is 10.2. The van der Waals surface area contributed by atoms with E-state index in [9.17, 15) is 4.39 Å². The Morgan fingerprint density at radius 3 is 2.91 bits per heavy atom. The fourth-order valence-electron chi connectivity index (χ4n) is 2.67. The standard InChI is InChI=1S/C15H19FN4OS/c1-11-9-19(7-8-21-11)10-20-15(22)18(2)14(17-20)12-5-3-4-6-13(12)16/h3-6,11H,7-10H2,1-2H3. The Balaban J connectivity index is 1.90. The molecule has 1 aliphatic rings. The van der Waals surface area contributed by atoms with Crippen LogP contribution in [0.4, 0.5) is 4.39 Å². The molecule has 5 nitrogen and oxygen atoms in total. The van der Waals surface area contributed by atoms with Gasteiger partial charge in [-0.3, -0.25) is 4.90 Å².